The van der Waals surface area contributed by atoms with Gasteiger partial charge >= 0.3 is 5.97 Å². The molecule has 0 aliphatic heterocycles. The third kappa shape index (κ3) is 2.39. The van der Waals surface area contributed by atoms with Gasteiger partial charge in [-0.05, 0) is 48.5 Å². The van der Waals surface area contributed by atoms with Crippen LogP contribution >= 0.6 is 0 Å². The van der Waals surface area contributed by atoms with Crippen molar-refractivity contribution < 1.29 is 14.3 Å². The number of nitrogens with zero attached hydrogens (tertiary/aromatic N) is 3. The lowest BCUT2D eigenvalue weighted by atomic mass is 10.1. The highest BCUT2D eigenvalue weighted by molar-refractivity contribution is 5.87. The summed E-state index contributed by atoms with van der Waals surface area (Å²) in [4.78, 5) is 10.8. The maximum atomic E-state index is 13.0. The summed E-state index contributed by atoms with van der Waals surface area (Å²) in [6.07, 6.45) is 0. The van der Waals surface area contributed by atoms with Crippen LogP contribution in [0.4, 0.5) is 10.2 Å². The van der Waals surface area contributed by atoms with Crippen molar-refractivity contribution >= 4 is 11.8 Å². The first kappa shape index (κ1) is 13.7. The Labute approximate surface area is 124 Å². The minimum absolute atomic E-state index is 0.168. The Morgan fingerprint density at radius 3 is 2.32 bits per heavy atom. The summed E-state index contributed by atoms with van der Waals surface area (Å²) < 4.78 is 14.3. The van der Waals surface area contributed by atoms with E-state index in [0.717, 1.165) is 0 Å². The number of carbonyl (C=O) groups is 1. The Morgan fingerprint density at radius 2 is 1.73 bits per heavy atom. The number of rotatable bonds is 3. The zero-order chi connectivity index (χ0) is 15.7. The molecule has 0 saturated carbocycles. The SMILES string of the molecule is Nc1c(-c2ccc(F)cc2)nnn1-c1ccc(C(=O)O)cc1. The summed E-state index contributed by atoms with van der Waals surface area (Å²) in [5.41, 5.74) is 7.86. The summed E-state index contributed by atoms with van der Waals surface area (Å²) in [7, 11) is 0. The van der Waals surface area contributed by atoms with E-state index >= 15 is 0 Å². The molecular formula is C15H11FN4O2. The minimum Gasteiger partial charge on any atom is -0.478 e. The number of benzene rings is 2. The molecule has 3 aromatic rings. The van der Waals surface area contributed by atoms with E-state index in [1.54, 1.807) is 24.3 Å². The standard InChI is InChI=1S/C15H11FN4O2/c16-11-5-1-9(2-6-11)13-14(17)20(19-18-13)12-7-3-10(4-8-12)15(21)22/h1-8H,17H2,(H,21,22). The van der Waals surface area contributed by atoms with Crippen molar-refractivity contribution in [3.63, 3.8) is 0 Å². The maximum Gasteiger partial charge on any atom is 0.335 e. The summed E-state index contributed by atoms with van der Waals surface area (Å²) in [6.45, 7) is 0. The van der Waals surface area contributed by atoms with Gasteiger partial charge in [-0.1, -0.05) is 5.21 Å². The summed E-state index contributed by atoms with van der Waals surface area (Å²) >= 11 is 0. The number of hydrogen-bond acceptors (Lipinski definition) is 4. The van der Waals surface area contributed by atoms with E-state index < -0.39 is 5.97 Å². The fourth-order valence-corrected chi connectivity index (χ4v) is 2.04. The molecule has 0 spiro atoms. The summed E-state index contributed by atoms with van der Waals surface area (Å²) in [5, 5.41) is 16.8. The monoisotopic (exact) mass is 298 g/mol. The molecule has 0 radical (unpaired) electrons. The van der Waals surface area contributed by atoms with Crippen molar-refractivity contribution in [2.45, 2.75) is 0 Å². The molecule has 1 aromatic heterocycles. The molecule has 3 N–H and O–H groups in total. The minimum atomic E-state index is -1.01. The van der Waals surface area contributed by atoms with E-state index in [0.29, 0.717) is 16.9 Å². The van der Waals surface area contributed by atoms with Crippen LogP contribution in [0.2, 0.25) is 0 Å². The van der Waals surface area contributed by atoms with Crippen LogP contribution in [0.15, 0.2) is 48.5 Å². The number of carboxylic acids is 1. The van der Waals surface area contributed by atoms with Crippen molar-refractivity contribution in [1.82, 2.24) is 15.0 Å². The molecule has 0 unspecified atom stereocenters. The van der Waals surface area contributed by atoms with Crippen LogP contribution in [0.3, 0.4) is 0 Å². The first-order valence-corrected chi connectivity index (χ1v) is 6.37. The topological polar surface area (TPSA) is 94.0 Å². The highest BCUT2D eigenvalue weighted by atomic mass is 19.1. The number of anilines is 1. The van der Waals surface area contributed by atoms with E-state index in [1.165, 1.54) is 28.9 Å². The number of carboxylic acid groups (broad SMARTS) is 1. The number of halogens is 1. The Hall–Kier alpha value is -3.22. The van der Waals surface area contributed by atoms with Crippen LogP contribution in [0.1, 0.15) is 10.4 Å². The molecule has 1 heterocycles. The molecule has 0 bridgehead atoms. The van der Waals surface area contributed by atoms with Crippen LogP contribution in [0.25, 0.3) is 16.9 Å². The van der Waals surface area contributed by atoms with Gasteiger partial charge in [0.1, 0.15) is 11.5 Å². The van der Waals surface area contributed by atoms with Crippen LogP contribution in [0.5, 0.6) is 0 Å². The zero-order valence-electron chi connectivity index (χ0n) is 11.3. The number of aromatic nitrogens is 3. The highest BCUT2D eigenvalue weighted by Gasteiger charge is 2.13. The molecule has 7 heteroatoms. The zero-order valence-corrected chi connectivity index (χ0v) is 11.3. The molecule has 110 valence electrons. The molecule has 0 saturated heterocycles. The van der Waals surface area contributed by atoms with Gasteiger partial charge < -0.3 is 10.8 Å². The first-order chi connectivity index (χ1) is 10.6. The van der Waals surface area contributed by atoms with Gasteiger partial charge in [0.05, 0.1) is 11.3 Å². The third-order valence-corrected chi connectivity index (χ3v) is 3.18. The fraction of sp³-hybridized carbons (Fsp3) is 0. The smallest absolute Gasteiger partial charge is 0.335 e. The number of hydrogen-bond donors (Lipinski definition) is 2. The van der Waals surface area contributed by atoms with E-state index in [1.807, 2.05) is 0 Å². The summed E-state index contributed by atoms with van der Waals surface area (Å²) in [6, 6.07) is 11.8. The number of nitrogen functional groups attached to an aromatic ring is 1. The molecule has 22 heavy (non-hydrogen) atoms. The first-order valence-electron chi connectivity index (χ1n) is 6.37. The third-order valence-electron chi connectivity index (χ3n) is 3.18. The van der Waals surface area contributed by atoms with Gasteiger partial charge in [0.25, 0.3) is 0 Å². The van der Waals surface area contributed by atoms with Crippen LogP contribution < -0.4 is 5.73 Å². The largest absolute Gasteiger partial charge is 0.478 e. The molecule has 3 rings (SSSR count). The van der Waals surface area contributed by atoms with Crippen molar-refractivity contribution in [2.75, 3.05) is 5.73 Å². The number of nitrogens with two attached hydrogens (primary N) is 1. The molecule has 2 aromatic carbocycles. The van der Waals surface area contributed by atoms with Gasteiger partial charge in [0.15, 0.2) is 5.82 Å². The van der Waals surface area contributed by atoms with Crippen molar-refractivity contribution in [1.29, 1.82) is 0 Å². The van der Waals surface area contributed by atoms with Crippen LogP contribution in [-0.2, 0) is 0 Å². The predicted molar refractivity (Wildman–Crippen MR) is 78.1 cm³/mol. The molecule has 6 nitrogen and oxygen atoms in total. The Balaban J connectivity index is 1.99. The fourth-order valence-electron chi connectivity index (χ4n) is 2.04. The van der Waals surface area contributed by atoms with E-state index in [9.17, 15) is 9.18 Å². The lowest BCUT2D eigenvalue weighted by molar-refractivity contribution is 0.0697. The van der Waals surface area contributed by atoms with Crippen molar-refractivity contribution in [2.24, 2.45) is 0 Å². The number of aromatic carboxylic acids is 1. The molecule has 0 aliphatic carbocycles. The summed E-state index contributed by atoms with van der Waals surface area (Å²) in [5.74, 6) is -1.07. The second-order valence-electron chi connectivity index (χ2n) is 4.59. The lowest BCUT2D eigenvalue weighted by Gasteiger charge is -2.04. The van der Waals surface area contributed by atoms with E-state index in [2.05, 4.69) is 10.3 Å². The van der Waals surface area contributed by atoms with Gasteiger partial charge in [-0.15, -0.1) is 5.10 Å². The predicted octanol–water partition coefficient (Wildman–Crippen LogP) is 2.35. The Bertz CT molecular complexity index is 826. The average Bonchev–Trinajstić information content (AvgIpc) is 2.90. The van der Waals surface area contributed by atoms with Crippen molar-refractivity contribution in [3.05, 3.63) is 59.9 Å². The normalized spacial score (nSPS) is 10.6. The van der Waals surface area contributed by atoms with Crippen LogP contribution in [0, 0.1) is 5.82 Å². The van der Waals surface area contributed by atoms with Crippen LogP contribution in [-0.4, -0.2) is 26.1 Å². The second kappa shape index (κ2) is 5.28. The Kier molecular flexibility index (Phi) is 3.30. The molecule has 0 aliphatic rings. The van der Waals surface area contributed by atoms with Crippen molar-refractivity contribution in [3.8, 4) is 16.9 Å². The molecule has 0 atom stereocenters. The van der Waals surface area contributed by atoms with Gasteiger partial charge in [-0.2, -0.15) is 4.68 Å². The average molecular weight is 298 g/mol. The van der Waals surface area contributed by atoms with Gasteiger partial charge in [-0.25, -0.2) is 9.18 Å². The van der Waals surface area contributed by atoms with E-state index in [4.69, 9.17) is 10.8 Å². The van der Waals surface area contributed by atoms with Gasteiger partial charge in [0, 0.05) is 5.56 Å². The molecule has 0 fully saturated rings. The van der Waals surface area contributed by atoms with Gasteiger partial charge in [-0.3, -0.25) is 0 Å². The molecule has 0 amide bonds. The molecular weight excluding hydrogens is 287 g/mol. The lowest BCUT2D eigenvalue weighted by Crippen LogP contribution is -2.03. The van der Waals surface area contributed by atoms with E-state index in [-0.39, 0.29) is 17.2 Å². The van der Waals surface area contributed by atoms with Gasteiger partial charge in [0.2, 0.25) is 0 Å². The highest BCUT2D eigenvalue weighted by Crippen LogP contribution is 2.25. The Morgan fingerprint density at radius 1 is 1.09 bits per heavy atom. The maximum absolute atomic E-state index is 13.0. The quantitative estimate of drug-likeness (QED) is 0.774. The second-order valence-corrected chi connectivity index (χ2v) is 4.59.